The van der Waals surface area contributed by atoms with Crippen LogP contribution in [0, 0.1) is 0 Å². The Hall–Kier alpha value is -1.39. The highest BCUT2D eigenvalue weighted by Gasteiger charge is 2.39. The minimum Gasteiger partial charge on any atom is -0.351 e. The fourth-order valence-electron chi connectivity index (χ4n) is 3.32. The number of benzene rings is 1. The van der Waals surface area contributed by atoms with Crippen LogP contribution < -0.4 is 5.32 Å². The SMILES string of the molecule is O=C(C[N+]12CCN(CC1)CC2)NCCc1ccccc1. The number of piperazine rings is 3. The number of carbonyl (C=O) groups excluding carboxylic acids is 1. The Morgan fingerprint density at radius 1 is 1.10 bits per heavy atom. The first-order valence-corrected chi connectivity index (χ1v) is 7.64. The fourth-order valence-corrected chi connectivity index (χ4v) is 3.32. The molecule has 20 heavy (non-hydrogen) atoms. The van der Waals surface area contributed by atoms with Gasteiger partial charge in [0, 0.05) is 26.2 Å². The van der Waals surface area contributed by atoms with Gasteiger partial charge >= 0.3 is 0 Å². The maximum absolute atomic E-state index is 12.1. The predicted octanol–water partition coefficient (Wildman–Crippen LogP) is 0.491. The number of fused-ring (bicyclic) bond motifs is 3. The maximum atomic E-state index is 12.1. The zero-order valence-electron chi connectivity index (χ0n) is 12.1. The van der Waals surface area contributed by atoms with Crippen LogP contribution in [0.3, 0.4) is 0 Å². The first-order valence-electron chi connectivity index (χ1n) is 7.64. The number of hydrogen-bond donors (Lipinski definition) is 1. The largest absolute Gasteiger partial charge is 0.351 e. The Balaban J connectivity index is 1.43. The average molecular weight is 274 g/mol. The van der Waals surface area contributed by atoms with Crippen LogP contribution >= 0.6 is 0 Å². The average Bonchev–Trinajstić information content (AvgIpc) is 2.50. The monoisotopic (exact) mass is 274 g/mol. The smallest absolute Gasteiger partial charge is 0.275 e. The van der Waals surface area contributed by atoms with Crippen molar-refractivity contribution in [2.24, 2.45) is 0 Å². The van der Waals surface area contributed by atoms with Crippen molar-refractivity contribution < 1.29 is 9.28 Å². The normalized spacial score (nSPS) is 28.3. The van der Waals surface area contributed by atoms with Crippen LogP contribution in [-0.4, -0.2) is 67.6 Å². The Morgan fingerprint density at radius 3 is 2.40 bits per heavy atom. The third-order valence-corrected chi connectivity index (χ3v) is 4.73. The molecule has 0 spiro atoms. The van der Waals surface area contributed by atoms with Crippen molar-refractivity contribution >= 4 is 5.91 Å². The summed E-state index contributed by atoms with van der Waals surface area (Å²) in [4.78, 5) is 14.6. The van der Waals surface area contributed by atoms with Crippen LogP contribution in [0.5, 0.6) is 0 Å². The Bertz CT molecular complexity index is 438. The molecule has 3 saturated heterocycles. The molecular weight excluding hydrogens is 250 g/mol. The molecule has 0 unspecified atom stereocenters. The summed E-state index contributed by atoms with van der Waals surface area (Å²) in [5.74, 6) is 0.219. The van der Waals surface area contributed by atoms with E-state index in [9.17, 15) is 4.79 Å². The molecule has 3 heterocycles. The van der Waals surface area contributed by atoms with Gasteiger partial charge < -0.3 is 9.80 Å². The lowest BCUT2D eigenvalue weighted by Gasteiger charge is -2.50. The van der Waals surface area contributed by atoms with Gasteiger partial charge in [0.05, 0.1) is 19.6 Å². The molecule has 0 aromatic heterocycles. The molecule has 4 heteroatoms. The summed E-state index contributed by atoms with van der Waals surface area (Å²) in [5.41, 5.74) is 1.28. The van der Waals surface area contributed by atoms with Crippen LogP contribution in [0.25, 0.3) is 0 Å². The van der Waals surface area contributed by atoms with E-state index in [-0.39, 0.29) is 5.91 Å². The van der Waals surface area contributed by atoms with E-state index in [1.54, 1.807) is 0 Å². The molecule has 0 radical (unpaired) electrons. The third-order valence-electron chi connectivity index (χ3n) is 4.73. The second-order valence-corrected chi connectivity index (χ2v) is 6.10. The van der Waals surface area contributed by atoms with Crippen molar-refractivity contribution in [2.75, 3.05) is 52.4 Å². The summed E-state index contributed by atoms with van der Waals surface area (Å²) in [5, 5.41) is 3.09. The standard InChI is InChI=1S/C16H23N3O/c20-16(17-7-6-15-4-2-1-3-5-15)14-19-11-8-18(9-12-19)10-13-19/h1-5H,6-14H2/p+1. The molecule has 3 aliphatic rings. The van der Waals surface area contributed by atoms with Crippen LogP contribution in [0.4, 0.5) is 0 Å². The zero-order valence-corrected chi connectivity index (χ0v) is 12.1. The van der Waals surface area contributed by atoms with E-state index < -0.39 is 0 Å². The summed E-state index contributed by atoms with van der Waals surface area (Å²) < 4.78 is 1.01. The van der Waals surface area contributed by atoms with Crippen molar-refractivity contribution in [3.8, 4) is 0 Å². The quantitative estimate of drug-likeness (QED) is 0.793. The van der Waals surface area contributed by atoms with E-state index >= 15 is 0 Å². The molecule has 0 atom stereocenters. The summed E-state index contributed by atoms with van der Waals surface area (Å²) in [6, 6.07) is 10.3. The highest BCUT2D eigenvalue weighted by molar-refractivity contribution is 5.77. The Morgan fingerprint density at radius 2 is 1.75 bits per heavy atom. The predicted molar refractivity (Wildman–Crippen MR) is 79.3 cm³/mol. The van der Waals surface area contributed by atoms with Crippen molar-refractivity contribution in [2.45, 2.75) is 6.42 Å². The van der Waals surface area contributed by atoms with E-state index in [1.165, 1.54) is 5.56 Å². The third kappa shape index (κ3) is 3.19. The van der Waals surface area contributed by atoms with E-state index in [2.05, 4.69) is 22.3 Å². The van der Waals surface area contributed by atoms with Crippen LogP contribution in [-0.2, 0) is 11.2 Å². The van der Waals surface area contributed by atoms with Crippen LogP contribution in [0.2, 0.25) is 0 Å². The van der Waals surface area contributed by atoms with Gasteiger partial charge in [-0.3, -0.25) is 9.69 Å². The fraction of sp³-hybridized carbons (Fsp3) is 0.562. The molecule has 1 N–H and O–H groups in total. The van der Waals surface area contributed by atoms with E-state index in [1.807, 2.05) is 18.2 Å². The number of nitrogens with zero attached hydrogens (tertiary/aromatic N) is 2. The van der Waals surface area contributed by atoms with Gasteiger partial charge in [0.25, 0.3) is 5.91 Å². The van der Waals surface area contributed by atoms with Crippen molar-refractivity contribution in [3.05, 3.63) is 35.9 Å². The number of rotatable bonds is 5. The minimum atomic E-state index is 0.219. The van der Waals surface area contributed by atoms with Gasteiger partial charge in [-0.25, -0.2) is 0 Å². The summed E-state index contributed by atoms with van der Waals surface area (Å²) in [7, 11) is 0. The summed E-state index contributed by atoms with van der Waals surface area (Å²) >= 11 is 0. The summed E-state index contributed by atoms with van der Waals surface area (Å²) in [6.45, 7) is 8.34. The van der Waals surface area contributed by atoms with Crippen LogP contribution in [0.1, 0.15) is 5.56 Å². The van der Waals surface area contributed by atoms with E-state index in [0.717, 1.165) is 56.7 Å². The Kier molecular flexibility index (Phi) is 4.03. The lowest BCUT2D eigenvalue weighted by atomic mass is 10.1. The van der Waals surface area contributed by atoms with Gasteiger partial charge in [0.2, 0.25) is 0 Å². The highest BCUT2D eigenvalue weighted by Crippen LogP contribution is 2.18. The van der Waals surface area contributed by atoms with Crippen molar-refractivity contribution in [1.29, 1.82) is 0 Å². The van der Waals surface area contributed by atoms with Crippen molar-refractivity contribution in [3.63, 3.8) is 0 Å². The number of carbonyl (C=O) groups is 1. The number of nitrogens with one attached hydrogen (secondary N) is 1. The second-order valence-electron chi connectivity index (χ2n) is 6.10. The van der Waals surface area contributed by atoms with Gasteiger partial charge in [-0.15, -0.1) is 0 Å². The minimum absolute atomic E-state index is 0.219. The lowest BCUT2D eigenvalue weighted by Crippen LogP contribution is -2.69. The zero-order chi connectivity index (χ0) is 13.8. The van der Waals surface area contributed by atoms with Gasteiger partial charge in [0.1, 0.15) is 0 Å². The molecule has 108 valence electrons. The molecule has 3 fully saturated rings. The highest BCUT2D eigenvalue weighted by atomic mass is 16.2. The molecular formula is C16H24N3O+. The molecule has 1 amide bonds. The second kappa shape index (κ2) is 5.94. The molecule has 4 rings (SSSR count). The number of hydrogen-bond acceptors (Lipinski definition) is 2. The molecule has 0 aliphatic carbocycles. The topological polar surface area (TPSA) is 32.3 Å². The van der Waals surface area contributed by atoms with E-state index in [4.69, 9.17) is 0 Å². The lowest BCUT2D eigenvalue weighted by molar-refractivity contribution is -0.933. The van der Waals surface area contributed by atoms with Crippen LogP contribution in [0.15, 0.2) is 30.3 Å². The molecule has 2 bridgehead atoms. The molecule has 4 nitrogen and oxygen atoms in total. The van der Waals surface area contributed by atoms with Gasteiger partial charge in [0.15, 0.2) is 6.54 Å². The summed E-state index contributed by atoms with van der Waals surface area (Å²) in [6.07, 6.45) is 0.917. The van der Waals surface area contributed by atoms with Crippen molar-refractivity contribution in [1.82, 2.24) is 10.2 Å². The first kappa shape index (κ1) is 13.6. The maximum Gasteiger partial charge on any atom is 0.275 e. The molecule has 1 aromatic rings. The molecule has 1 aromatic carbocycles. The van der Waals surface area contributed by atoms with Gasteiger partial charge in [-0.1, -0.05) is 30.3 Å². The number of quaternary nitrogens is 1. The first-order chi connectivity index (χ1) is 9.76. The van der Waals surface area contributed by atoms with Gasteiger partial charge in [-0.05, 0) is 12.0 Å². The molecule has 0 saturated carbocycles. The number of amides is 1. The Labute approximate surface area is 121 Å². The van der Waals surface area contributed by atoms with E-state index in [0.29, 0.717) is 6.54 Å². The van der Waals surface area contributed by atoms with Gasteiger partial charge in [-0.2, -0.15) is 0 Å². The molecule has 3 aliphatic heterocycles.